The number of hydrogen-bond acceptors (Lipinski definition) is 3. The lowest BCUT2D eigenvalue weighted by Gasteiger charge is -2.33. The van der Waals surface area contributed by atoms with Crippen molar-refractivity contribution >= 4 is 10.0 Å². The fourth-order valence-corrected chi connectivity index (χ4v) is 3.21. The van der Waals surface area contributed by atoms with Crippen LogP contribution in [0.3, 0.4) is 0 Å². The molecular weight excluding hydrogens is 248 g/mol. The fraction of sp³-hybridized carbons (Fsp3) is 0.538. The van der Waals surface area contributed by atoms with Crippen LogP contribution in [0.2, 0.25) is 0 Å². The van der Waals surface area contributed by atoms with E-state index >= 15 is 0 Å². The largest absolute Gasteiger partial charge is 0.307 e. The zero-order chi connectivity index (χ0) is 13.3. The zero-order valence-electron chi connectivity index (χ0n) is 11.1. The number of sulfonamides is 1. The second kappa shape index (κ2) is 4.99. The van der Waals surface area contributed by atoms with Gasteiger partial charge in [-0.05, 0) is 25.0 Å². The normalized spacial score (nSPS) is 22.1. The molecule has 0 aliphatic carbocycles. The first-order valence-electron chi connectivity index (χ1n) is 6.13. The maximum atomic E-state index is 11.6. The summed E-state index contributed by atoms with van der Waals surface area (Å²) >= 11 is 0. The van der Waals surface area contributed by atoms with Crippen molar-refractivity contribution in [1.82, 2.24) is 9.62 Å². The van der Waals surface area contributed by atoms with Crippen LogP contribution in [0, 0.1) is 13.8 Å². The molecule has 1 aliphatic heterocycles. The molecule has 0 bridgehead atoms. The second-order valence-electron chi connectivity index (χ2n) is 4.99. The van der Waals surface area contributed by atoms with Crippen LogP contribution in [-0.4, -0.2) is 38.6 Å². The van der Waals surface area contributed by atoms with Crippen LogP contribution in [0.5, 0.6) is 0 Å². The lowest BCUT2D eigenvalue weighted by atomic mass is 9.98. The molecule has 5 heteroatoms. The van der Waals surface area contributed by atoms with Crippen molar-refractivity contribution in [2.24, 2.45) is 0 Å². The number of hydrogen-bond donors (Lipinski definition) is 1. The first-order valence-corrected chi connectivity index (χ1v) is 7.98. The first kappa shape index (κ1) is 13.5. The average Bonchev–Trinajstić information content (AvgIpc) is 2.31. The van der Waals surface area contributed by atoms with Gasteiger partial charge < -0.3 is 5.32 Å². The molecular formula is C13H20N2O2S. The minimum absolute atomic E-state index is 0.0911. The maximum absolute atomic E-state index is 11.6. The SMILES string of the molecule is Cc1ccc(C)c(C2CN(S(C)(=O)=O)CCN2)c1. The summed E-state index contributed by atoms with van der Waals surface area (Å²) in [6, 6.07) is 6.40. The highest BCUT2D eigenvalue weighted by Gasteiger charge is 2.27. The smallest absolute Gasteiger partial charge is 0.211 e. The molecule has 18 heavy (non-hydrogen) atoms. The van der Waals surface area contributed by atoms with E-state index in [4.69, 9.17) is 0 Å². The van der Waals surface area contributed by atoms with E-state index in [2.05, 4.69) is 37.4 Å². The number of aryl methyl sites for hydroxylation is 2. The van der Waals surface area contributed by atoms with E-state index in [0.717, 1.165) is 0 Å². The van der Waals surface area contributed by atoms with Gasteiger partial charge in [0.1, 0.15) is 0 Å². The van der Waals surface area contributed by atoms with Gasteiger partial charge in [0.15, 0.2) is 0 Å². The van der Waals surface area contributed by atoms with Crippen LogP contribution < -0.4 is 5.32 Å². The predicted octanol–water partition coefficient (Wildman–Crippen LogP) is 1.21. The Kier molecular flexibility index (Phi) is 3.75. The van der Waals surface area contributed by atoms with Gasteiger partial charge in [0.2, 0.25) is 10.0 Å². The molecule has 0 radical (unpaired) electrons. The Labute approximate surface area is 109 Å². The number of benzene rings is 1. The Hall–Kier alpha value is -0.910. The molecule has 0 aromatic heterocycles. The summed E-state index contributed by atoms with van der Waals surface area (Å²) in [5, 5.41) is 3.40. The van der Waals surface area contributed by atoms with Crippen molar-refractivity contribution in [3.63, 3.8) is 0 Å². The maximum Gasteiger partial charge on any atom is 0.211 e. The summed E-state index contributed by atoms with van der Waals surface area (Å²) in [7, 11) is -3.10. The van der Waals surface area contributed by atoms with Gasteiger partial charge in [-0.15, -0.1) is 0 Å². The highest BCUT2D eigenvalue weighted by atomic mass is 32.2. The molecule has 0 amide bonds. The van der Waals surface area contributed by atoms with Gasteiger partial charge in [-0.3, -0.25) is 0 Å². The van der Waals surface area contributed by atoms with Crippen molar-refractivity contribution in [3.05, 3.63) is 34.9 Å². The molecule has 1 aromatic rings. The summed E-state index contributed by atoms with van der Waals surface area (Å²) in [4.78, 5) is 0. The summed E-state index contributed by atoms with van der Waals surface area (Å²) in [5.41, 5.74) is 3.60. The molecule has 1 heterocycles. The molecule has 1 aromatic carbocycles. The lowest BCUT2D eigenvalue weighted by molar-refractivity contribution is 0.303. The predicted molar refractivity (Wildman–Crippen MR) is 73.1 cm³/mol. The Morgan fingerprint density at radius 3 is 2.72 bits per heavy atom. The molecule has 1 unspecified atom stereocenters. The lowest BCUT2D eigenvalue weighted by Crippen LogP contribution is -2.48. The molecule has 1 atom stereocenters. The number of nitrogens with one attached hydrogen (secondary N) is 1. The fourth-order valence-electron chi connectivity index (χ4n) is 2.37. The minimum atomic E-state index is -3.10. The van der Waals surface area contributed by atoms with Crippen molar-refractivity contribution in [2.45, 2.75) is 19.9 Å². The molecule has 2 rings (SSSR count). The Bertz CT molecular complexity index is 540. The van der Waals surface area contributed by atoms with Crippen LogP contribution in [0.1, 0.15) is 22.7 Å². The summed E-state index contributed by atoms with van der Waals surface area (Å²) < 4.78 is 24.8. The van der Waals surface area contributed by atoms with Crippen LogP contribution in [-0.2, 0) is 10.0 Å². The Balaban J connectivity index is 2.26. The monoisotopic (exact) mass is 268 g/mol. The highest BCUT2D eigenvalue weighted by Crippen LogP contribution is 2.23. The van der Waals surface area contributed by atoms with Crippen LogP contribution in [0.4, 0.5) is 0 Å². The van der Waals surface area contributed by atoms with Crippen molar-refractivity contribution in [2.75, 3.05) is 25.9 Å². The van der Waals surface area contributed by atoms with Crippen molar-refractivity contribution < 1.29 is 8.42 Å². The van der Waals surface area contributed by atoms with E-state index in [1.54, 1.807) is 4.31 Å². The topological polar surface area (TPSA) is 49.4 Å². The first-order chi connectivity index (χ1) is 8.38. The van der Waals surface area contributed by atoms with E-state index in [0.29, 0.717) is 19.6 Å². The van der Waals surface area contributed by atoms with Gasteiger partial charge in [-0.1, -0.05) is 23.8 Å². The van der Waals surface area contributed by atoms with Gasteiger partial charge in [0, 0.05) is 25.7 Å². The molecule has 100 valence electrons. The third-order valence-electron chi connectivity index (χ3n) is 3.42. The van der Waals surface area contributed by atoms with E-state index in [-0.39, 0.29) is 6.04 Å². The van der Waals surface area contributed by atoms with E-state index in [1.807, 2.05) is 0 Å². The zero-order valence-corrected chi connectivity index (χ0v) is 11.9. The molecule has 0 spiro atoms. The molecule has 1 aliphatic rings. The van der Waals surface area contributed by atoms with Crippen LogP contribution in [0.15, 0.2) is 18.2 Å². The quantitative estimate of drug-likeness (QED) is 0.877. The molecule has 1 fully saturated rings. The standard InChI is InChI=1S/C13H20N2O2S/c1-10-4-5-11(2)12(8-10)13-9-15(7-6-14-13)18(3,16)17/h4-5,8,13-14H,6-7,9H2,1-3H3. The molecule has 1 N–H and O–H groups in total. The average molecular weight is 268 g/mol. The van der Waals surface area contributed by atoms with E-state index < -0.39 is 10.0 Å². The third kappa shape index (κ3) is 2.91. The summed E-state index contributed by atoms with van der Waals surface area (Å²) in [6.45, 7) is 5.89. The molecule has 1 saturated heterocycles. The van der Waals surface area contributed by atoms with Gasteiger partial charge >= 0.3 is 0 Å². The Morgan fingerprint density at radius 2 is 2.06 bits per heavy atom. The summed E-state index contributed by atoms with van der Waals surface area (Å²) in [6.07, 6.45) is 1.28. The van der Waals surface area contributed by atoms with Gasteiger partial charge in [-0.2, -0.15) is 4.31 Å². The summed E-state index contributed by atoms with van der Waals surface area (Å²) in [5.74, 6) is 0. The van der Waals surface area contributed by atoms with Crippen molar-refractivity contribution in [3.8, 4) is 0 Å². The van der Waals surface area contributed by atoms with Crippen molar-refractivity contribution in [1.29, 1.82) is 0 Å². The van der Waals surface area contributed by atoms with Gasteiger partial charge in [0.05, 0.1) is 6.26 Å². The Morgan fingerprint density at radius 1 is 1.33 bits per heavy atom. The number of piperazine rings is 1. The van der Waals surface area contributed by atoms with Gasteiger partial charge in [-0.25, -0.2) is 8.42 Å². The van der Waals surface area contributed by atoms with E-state index in [1.165, 1.54) is 22.9 Å². The van der Waals surface area contributed by atoms with Crippen LogP contribution >= 0.6 is 0 Å². The van der Waals surface area contributed by atoms with Crippen LogP contribution in [0.25, 0.3) is 0 Å². The molecule has 0 saturated carbocycles. The third-order valence-corrected chi connectivity index (χ3v) is 4.69. The second-order valence-corrected chi connectivity index (χ2v) is 6.97. The highest BCUT2D eigenvalue weighted by molar-refractivity contribution is 7.88. The minimum Gasteiger partial charge on any atom is -0.307 e. The molecule has 4 nitrogen and oxygen atoms in total. The van der Waals surface area contributed by atoms with Gasteiger partial charge in [0.25, 0.3) is 0 Å². The number of rotatable bonds is 2. The van der Waals surface area contributed by atoms with E-state index in [9.17, 15) is 8.42 Å². The number of nitrogens with zero attached hydrogens (tertiary/aromatic N) is 1.